The monoisotopic (exact) mass is 243 g/mol. The summed E-state index contributed by atoms with van der Waals surface area (Å²) >= 11 is 0. The zero-order valence-corrected chi connectivity index (χ0v) is 11.9. The molecule has 0 saturated heterocycles. The van der Waals surface area contributed by atoms with Crippen LogP contribution in [0.4, 0.5) is 5.69 Å². The molecular formula is C15H21NSi. The second kappa shape index (κ2) is 4.92. The Morgan fingerprint density at radius 3 is 2.35 bits per heavy atom. The molecule has 1 aromatic carbocycles. The molecule has 1 N–H and O–H groups in total. The summed E-state index contributed by atoms with van der Waals surface area (Å²) in [5, 5.41) is 3.44. The van der Waals surface area contributed by atoms with E-state index < -0.39 is 8.07 Å². The van der Waals surface area contributed by atoms with Gasteiger partial charge in [-0.3, -0.25) is 0 Å². The molecule has 0 aromatic heterocycles. The summed E-state index contributed by atoms with van der Waals surface area (Å²) in [7, 11) is -1.04. The molecule has 1 aliphatic rings. The Hall–Kier alpha value is -1.28. The van der Waals surface area contributed by atoms with Crippen LogP contribution in [0.2, 0.25) is 25.2 Å². The molecule has 0 amide bonds. The van der Waals surface area contributed by atoms with Crippen molar-refractivity contribution in [2.45, 2.75) is 31.6 Å². The molecule has 1 aliphatic carbocycles. The maximum Gasteiger partial charge on any atom is 0.0517 e. The molecule has 1 unspecified atom stereocenters. The van der Waals surface area contributed by atoms with Crippen molar-refractivity contribution < 1.29 is 0 Å². The SMILES string of the molecule is C[Si](C)(C)C1C=CC(Nc2ccccc2)=CC1. The van der Waals surface area contributed by atoms with E-state index in [0.29, 0.717) is 0 Å². The van der Waals surface area contributed by atoms with Gasteiger partial charge in [0, 0.05) is 11.4 Å². The van der Waals surface area contributed by atoms with Crippen molar-refractivity contribution >= 4 is 13.8 Å². The predicted molar refractivity (Wildman–Crippen MR) is 79.0 cm³/mol. The zero-order valence-electron chi connectivity index (χ0n) is 10.9. The second-order valence-corrected chi connectivity index (χ2v) is 11.2. The lowest BCUT2D eigenvalue weighted by Crippen LogP contribution is -2.27. The maximum absolute atomic E-state index is 3.44. The lowest BCUT2D eigenvalue weighted by atomic mass is 10.1. The van der Waals surface area contributed by atoms with Gasteiger partial charge in [-0.15, -0.1) is 0 Å². The summed E-state index contributed by atoms with van der Waals surface area (Å²) in [6.45, 7) is 7.31. The van der Waals surface area contributed by atoms with Gasteiger partial charge >= 0.3 is 0 Å². The van der Waals surface area contributed by atoms with E-state index in [9.17, 15) is 0 Å². The molecular weight excluding hydrogens is 222 g/mol. The summed E-state index contributed by atoms with van der Waals surface area (Å²) < 4.78 is 0. The standard InChI is InChI=1S/C15H21NSi/c1-17(2,3)15-11-9-14(10-12-15)16-13-7-5-4-6-8-13/h4-11,15-16H,12H2,1-3H3. The van der Waals surface area contributed by atoms with E-state index >= 15 is 0 Å². The number of benzene rings is 1. The van der Waals surface area contributed by atoms with Gasteiger partial charge < -0.3 is 5.32 Å². The van der Waals surface area contributed by atoms with Gasteiger partial charge in [-0.1, -0.05) is 50.0 Å². The van der Waals surface area contributed by atoms with Crippen LogP contribution in [0.1, 0.15) is 6.42 Å². The lowest BCUT2D eigenvalue weighted by Gasteiger charge is -2.27. The van der Waals surface area contributed by atoms with Crippen LogP contribution in [-0.4, -0.2) is 8.07 Å². The Kier molecular flexibility index (Phi) is 3.53. The lowest BCUT2D eigenvalue weighted by molar-refractivity contribution is 0.965. The number of rotatable bonds is 3. The molecule has 0 radical (unpaired) electrons. The van der Waals surface area contributed by atoms with Gasteiger partial charge in [-0.2, -0.15) is 0 Å². The van der Waals surface area contributed by atoms with Gasteiger partial charge in [0.25, 0.3) is 0 Å². The van der Waals surface area contributed by atoms with Crippen molar-refractivity contribution in [3.63, 3.8) is 0 Å². The second-order valence-electron chi connectivity index (χ2n) is 5.72. The molecule has 90 valence electrons. The maximum atomic E-state index is 3.44. The van der Waals surface area contributed by atoms with Crippen LogP contribution in [-0.2, 0) is 0 Å². The number of nitrogens with one attached hydrogen (secondary N) is 1. The van der Waals surface area contributed by atoms with E-state index in [1.54, 1.807) is 0 Å². The molecule has 0 spiro atoms. The first-order chi connectivity index (χ1) is 8.05. The van der Waals surface area contributed by atoms with Gasteiger partial charge in [0.05, 0.1) is 8.07 Å². The topological polar surface area (TPSA) is 12.0 Å². The minimum absolute atomic E-state index is 0.781. The molecule has 0 heterocycles. The molecule has 1 atom stereocenters. The number of anilines is 1. The van der Waals surface area contributed by atoms with Crippen LogP contribution in [0.5, 0.6) is 0 Å². The van der Waals surface area contributed by atoms with Crippen LogP contribution < -0.4 is 5.32 Å². The van der Waals surface area contributed by atoms with E-state index in [1.807, 2.05) is 6.07 Å². The summed E-state index contributed by atoms with van der Waals surface area (Å²) in [6, 6.07) is 10.3. The van der Waals surface area contributed by atoms with Gasteiger partial charge in [0.1, 0.15) is 0 Å². The Morgan fingerprint density at radius 2 is 1.82 bits per heavy atom. The normalized spacial score (nSPS) is 19.9. The van der Waals surface area contributed by atoms with Crippen molar-refractivity contribution in [3.8, 4) is 0 Å². The van der Waals surface area contributed by atoms with Crippen molar-refractivity contribution in [1.29, 1.82) is 0 Å². The van der Waals surface area contributed by atoms with Gasteiger partial charge in [-0.25, -0.2) is 0 Å². The van der Waals surface area contributed by atoms with Crippen molar-refractivity contribution in [1.82, 2.24) is 0 Å². The molecule has 0 bridgehead atoms. The average molecular weight is 243 g/mol. The summed E-state index contributed by atoms with van der Waals surface area (Å²) in [5.41, 5.74) is 3.17. The molecule has 1 nitrogen and oxygen atoms in total. The van der Waals surface area contributed by atoms with Gasteiger partial charge in [0.2, 0.25) is 0 Å². The number of allylic oxidation sites excluding steroid dienone is 3. The first-order valence-electron chi connectivity index (χ1n) is 6.26. The fourth-order valence-electron chi connectivity index (χ4n) is 2.04. The third kappa shape index (κ3) is 3.33. The molecule has 0 aliphatic heterocycles. The summed E-state index contributed by atoms with van der Waals surface area (Å²) in [6.07, 6.45) is 8.13. The predicted octanol–water partition coefficient (Wildman–Crippen LogP) is 4.65. The van der Waals surface area contributed by atoms with Crippen LogP contribution in [0.25, 0.3) is 0 Å². The number of hydrogen-bond donors (Lipinski definition) is 1. The van der Waals surface area contributed by atoms with Crippen LogP contribution in [0.15, 0.2) is 54.3 Å². The van der Waals surface area contributed by atoms with E-state index in [0.717, 1.165) is 11.2 Å². The third-order valence-corrected chi connectivity index (χ3v) is 5.93. The van der Waals surface area contributed by atoms with E-state index in [2.05, 4.69) is 67.5 Å². The van der Waals surface area contributed by atoms with Crippen molar-refractivity contribution in [2.24, 2.45) is 0 Å². The van der Waals surface area contributed by atoms with E-state index in [-0.39, 0.29) is 0 Å². The average Bonchev–Trinajstić information content (AvgIpc) is 2.30. The molecule has 1 aromatic rings. The Morgan fingerprint density at radius 1 is 1.12 bits per heavy atom. The smallest absolute Gasteiger partial charge is 0.0517 e. The quantitative estimate of drug-likeness (QED) is 0.762. The minimum atomic E-state index is -1.04. The largest absolute Gasteiger partial charge is 0.356 e. The molecule has 2 heteroatoms. The first-order valence-corrected chi connectivity index (χ1v) is 9.84. The zero-order chi connectivity index (χ0) is 12.3. The highest BCUT2D eigenvalue weighted by atomic mass is 28.3. The fraction of sp³-hybridized carbons (Fsp3) is 0.333. The molecule has 2 rings (SSSR count). The third-order valence-electron chi connectivity index (χ3n) is 3.27. The molecule has 17 heavy (non-hydrogen) atoms. The summed E-state index contributed by atoms with van der Waals surface area (Å²) in [4.78, 5) is 0. The van der Waals surface area contributed by atoms with Crippen LogP contribution in [0.3, 0.4) is 0 Å². The van der Waals surface area contributed by atoms with E-state index in [4.69, 9.17) is 0 Å². The Balaban J connectivity index is 1.99. The molecule has 0 saturated carbocycles. The number of hydrogen-bond acceptors (Lipinski definition) is 1. The van der Waals surface area contributed by atoms with Gasteiger partial charge in [0.15, 0.2) is 0 Å². The van der Waals surface area contributed by atoms with Crippen LogP contribution >= 0.6 is 0 Å². The highest BCUT2D eigenvalue weighted by Crippen LogP contribution is 2.31. The minimum Gasteiger partial charge on any atom is -0.356 e. The summed E-state index contributed by atoms with van der Waals surface area (Å²) in [5.74, 6) is 0. The Bertz CT molecular complexity index is 426. The number of para-hydroxylation sites is 1. The van der Waals surface area contributed by atoms with Gasteiger partial charge in [-0.05, 0) is 30.2 Å². The fourth-order valence-corrected chi connectivity index (χ4v) is 3.54. The molecule has 0 fully saturated rings. The highest BCUT2D eigenvalue weighted by Gasteiger charge is 2.24. The Labute approximate surface area is 105 Å². The van der Waals surface area contributed by atoms with Crippen molar-refractivity contribution in [3.05, 3.63) is 54.3 Å². The van der Waals surface area contributed by atoms with E-state index in [1.165, 1.54) is 12.1 Å². The highest BCUT2D eigenvalue weighted by molar-refractivity contribution is 6.78. The first kappa shape index (κ1) is 12.2. The van der Waals surface area contributed by atoms with Crippen LogP contribution in [0, 0.1) is 0 Å². The van der Waals surface area contributed by atoms with Crippen molar-refractivity contribution in [2.75, 3.05) is 5.32 Å².